The summed E-state index contributed by atoms with van der Waals surface area (Å²) in [5, 5.41) is 0. The Hall–Kier alpha value is -0.620. The Balaban J connectivity index is 2.74. The number of carbonyl (C=O) groups excluding carboxylic acids is 1. The van der Waals surface area contributed by atoms with E-state index in [2.05, 4.69) is 0 Å². The normalized spacial score (nSPS) is 19.8. The van der Waals surface area contributed by atoms with Gasteiger partial charge in [0.15, 0.2) is 0 Å². The predicted molar refractivity (Wildman–Crippen MR) is 67.1 cm³/mol. The first kappa shape index (κ1) is 14.4. The Bertz CT molecular complexity index is 384. The van der Waals surface area contributed by atoms with Gasteiger partial charge in [-0.3, -0.25) is 4.79 Å². The van der Waals surface area contributed by atoms with Crippen LogP contribution >= 0.6 is 0 Å². The van der Waals surface area contributed by atoms with Gasteiger partial charge in [0.2, 0.25) is 15.9 Å². The Morgan fingerprint density at radius 2 is 1.82 bits per heavy atom. The van der Waals surface area contributed by atoms with E-state index in [4.69, 9.17) is 0 Å². The van der Waals surface area contributed by atoms with Crippen LogP contribution in [0.5, 0.6) is 0 Å². The number of amides is 1. The second-order valence-corrected chi connectivity index (χ2v) is 7.45. The second kappa shape index (κ2) is 4.94. The van der Waals surface area contributed by atoms with E-state index in [1.54, 1.807) is 4.90 Å². The van der Waals surface area contributed by atoms with Gasteiger partial charge in [-0.1, -0.05) is 6.92 Å². The van der Waals surface area contributed by atoms with Gasteiger partial charge in [-0.15, -0.1) is 0 Å². The standard InChI is InChI=1S/C11H22N2O3S/c1-5-8-17(15,16)12-6-7-13(10(14)9-12)11(2,3)4/h5-9H2,1-4H3. The first-order valence-corrected chi connectivity index (χ1v) is 7.57. The molecule has 1 aliphatic rings. The van der Waals surface area contributed by atoms with Crippen LogP contribution < -0.4 is 0 Å². The molecule has 1 amide bonds. The zero-order chi connectivity index (χ0) is 13.3. The van der Waals surface area contributed by atoms with E-state index in [0.717, 1.165) is 0 Å². The van der Waals surface area contributed by atoms with Crippen LogP contribution in [0.3, 0.4) is 0 Å². The topological polar surface area (TPSA) is 57.7 Å². The minimum Gasteiger partial charge on any atom is -0.335 e. The number of hydrogen-bond acceptors (Lipinski definition) is 3. The number of rotatable bonds is 3. The van der Waals surface area contributed by atoms with Gasteiger partial charge in [-0.25, -0.2) is 8.42 Å². The average Bonchev–Trinajstić information content (AvgIpc) is 2.15. The van der Waals surface area contributed by atoms with Crippen LogP contribution in [-0.2, 0) is 14.8 Å². The van der Waals surface area contributed by atoms with E-state index < -0.39 is 10.0 Å². The summed E-state index contributed by atoms with van der Waals surface area (Å²) in [4.78, 5) is 13.7. The lowest BCUT2D eigenvalue weighted by atomic mass is 10.1. The number of nitrogens with zero attached hydrogens (tertiary/aromatic N) is 2. The Kier molecular flexibility index (Phi) is 4.19. The molecule has 1 heterocycles. The predicted octanol–water partition coefficient (Wildman–Crippen LogP) is 0.669. The van der Waals surface area contributed by atoms with Gasteiger partial charge in [0.1, 0.15) is 0 Å². The van der Waals surface area contributed by atoms with E-state index in [9.17, 15) is 13.2 Å². The molecule has 0 saturated carbocycles. The van der Waals surface area contributed by atoms with Gasteiger partial charge in [-0.2, -0.15) is 4.31 Å². The molecule has 0 aromatic carbocycles. The van der Waals surface area contributed by atoms with Gasteiger partial charge in [0, 0.05) is 18.6 Å². The molecule has 1 rings (SSSR count). The Labute approximate surface area is 104 Å². The maximum absolute atomic E-state index is 11.9. The zero-order valence-corrected chi connectivity index (χ0v) is 11.9. The van der Waals surface area contributed by atoms with Gasteiger partial charge in [0.25, 0.3) is 0 Å². The van der Waals surface area contributed by atoms with E-state index in [-0.39, 0.29) is 23.7 Å². The number of hydrogen-bond donors (Lipinski definition) is 0. The third-order valence-electron chi connectivity index (χ3n) is 2.85. The average molecular weight is 262 g/mol. The number of carbonyl (C=O) groups is 1. The SMILES string of the molecule is CCCS(=O)(=O)N1CCN(C(C)(C)C)C(=O)C1. The molecule has 0 aliphatic carbocycles. The molecule has 0 aromatic rings. The van der Waals surface area contributed by atoms with Crippen LogP contribution in [-0.4, -0.2) is 54.5 Å². The van der Waals surface area contributed by atoms with Crippen LogP contribution in [0.15, 0.2) is 0 Å². The summed E-state index contributed by atoms with van der Waals surface area (Å²) in [6, 6.07) is 0. The molecule has 1 aliphatic heterocycles. The summed E-state index contributed by atoms with van der Waals surface area (Å²) in [6.07, 6.45) is 0.579. The fraction of sp³-hybridized carbons (Fsp3) is 0.909. The van der Waals surface area contributed by atoms with Crippen LogP contribution in [0.25, 0.3) is 0 Å². The fourth-order valence-corrected chi connectivity index (χ4v) is 3.43. The van der Waals surface area contributed by atoms with Crippen molar-refractivity contribution in [3.63, 3.8) is 0 Å². The molecule has 100 valence electrons. The molecule has 0 radical (unpaired) electrons. The van der Waals surface area contributed by atoms with Crippen molar-refractivity contribution in [2.75, 3.05) is 25.4 Å². The molecule has 1 saturated heterocycles. The molecule has 6 heteroatoms. The van der Waals surface area contributed by atoms with Crippen LogP contribution in [0.1, 0.15) is 34.1 Å². The van der Waals surface area contributed by atoms with Crippen molar-refractivity contribution < 1.29 is 13.2 Å². The maximum atomic E-state index is 11.9. The van der Waals surface area contributed by atoms with Crippen LogP contribution in [0.2, 0.25) is 0 Å². The summed E-state index contributed by atoms with van der Waals surface area (Å²) in [7, 11) is -3.25. The van der Waals surface area contributed by atoms with E-state index in [0.29, 0.717) is 19.5 Å². The summed E-state index contributed by atoms with van der Waals surface area (Å²) < 4.78 is 25.0. The van der Waals surface area contributed by atoms with E-state index in [1.807, 2.05) is 27.7 Å². The Morgan fingerprint density at radius 3 is 2.24 bits per heavy atom. The molecule has 0 spiro atoms. The van der Waals surface area contributed by atoms with E-state index in [1.165, 1.54) is 4.31 Å². The lowest BCUT2D eigenvalue weighted by Crippen LogP contribution is -2.58. The second-order valence-electron chi connectivity index (χ2n) is 5.37. The van der Waals surface area contributed by atoms with Crippen LogP contribution in [0, 0.1) is 0 Å². The minimum absolute atomic E-state index is 0.0143. The monoisotopic (exact) mass is 262 g/mol. The van der Waals surface area contributed by atoms with Crippen molar-refractivity contribution >= 4 is 15.9 Å². The van der Waals surface area contributed by atoms with Gasteiger partial charge < -0.3 is 4.90 Å². The first-order chi connectivity index (χ1) is 7.68. The van der Waals surface area contributed by atoms with Crippen molar-refractivity contribution in [3.05, 3.63) is 0 Å². The molecule has 0 bridgehead atoms. The van der Waals surface area contributed by atoms with Gasteiger partial charge in [0.05, 0.1) is 12.3 Å². The van der Waals surface area contributed by atoms with Crippen molar-refractivity contribution in [2.24, 2.45) is 0 Å². The van der Waals surface area contributed by atoms with Gasteiger partial charge >= 0.3 is 0 Å². The molecule has 1 fully saturated rings. The van der Waals surface area contributed by atoms with Gasteiger partial charge in [-0.05, 0) is 27.2 Å². The minimum atomic E-state index is -3.25. The third-order valence-corrected chi connectivity index (χ3v) is 4.87. The van der Waals surface area contributed by atoms with Crippen LogP contribution in [0.4, 0.5) is 0 Å². The molecule has 0 atom stereocenters. The van der Waals surface area contributed by atoms with Crippen molar-refractivity contribution in [1.82, 2.24) is 9.21 Å². The van der Waals surface area contributed by atoms with Crippen molar-refractivity contribution in [1.29, 1.82) is 0 Å². The lowest BCUT2D eigenvalue weighted by molar-refractivity contribution is -0.139. The highest BCUT2D eigenvalue weighted by atomic mass is 32.2. The van der Waals surface area contributed by atoms with E-state index >= 15 is 0 Å². The smallest absolute Gasteiger partial charge is 0.238 e. The maximum Gasteiger partial charge on any atom is 0.238 e. The molecule has 0 N–H and O–H groups in total. The van der Waals surface area contributed by atoms with Crippen molar-refractivity contribution in [2.45, 2.75) is 39.7 Å². The first-order valence-electron chi connectivity index (χ1n) is 5.97. The quantitative estimate of drug-likeness (QED) is 0.751. The highest BCUT2D eigenvalue weighted by Crippen LogP contribution is 2.18. The lowest BCUT2D eigenvalue weighted by Gasteiger charge is -2.41. The number of piperazine rings is 1. The summed E-state index contributed by atoms with van der Waals surface area (Å²) in [6.45, 7) is 8.57. The molecule has 0 aromatic heterocycles. The summed E-state index contributed by atoms with van der Waals surface area (Å²) in [5.41, 5.74) is -0.238. The largest absolute Gasteiger partial charge is 0.335 e. The molecule has 5 nitrogen and oxygen atoms in total. The summed E-state index contributed by atoms with van der Waals surface area (Å²) in [5.74, 6) is 0.0129. The highest BCUT2D eigenvalue weighted by Gasteiger charge is 2.35. The number of sulfonamides is 1. The molecular formula is C11H22N2O3S. The fourth-order valence-electron chi connectivity index (χ4n) is 1.99. The Morgan fingerprint density at radius 1 is 1.24 bits per heavy atom. The molecular weight excluding hydrogens is 240 g/mol. The highest BCUT2D eigenvalue weighted by molar-refractivity contribution is 7.89. The van der Waals surface area contributed by atoms with Crippen molar-refractivity contribution in [3.8, 4) is 0 Å². The molecule has 0 unspecified atom stereocenters. The summed E-state index contributed by atoms with van der Waals surface area (Å²) >= 11 is 0. The third kappa shape index (κ3) is 3.42. The zero-order valence-electron chi connectivity index (χ0n) is 11.1. The molecule has 17 heavy (non-hydrogen) atoms.